The summed E-state index contributed by atoms with van der Waals surface area (Å²) >= 11 is 0. The van der Waals surface area contributed by atoms with Gasteiger partial charge in [0.1, 0.15) is 6.61 Å². The van der Waals surface area contributed by atoms with Crippen molar-refractivity contribution >= 4 is 5.97 Å². The van der Waals surface area contributed by atoms with Crippen LogP contribution in [0.15, 0.2) is 0 Å². The fourth-order valence-corrected chi connectivity index (χ4v) is 3.15. The standard InChI is InChI=1S/C30H60O13/c1-3-5-6-7-30(31)43-29-28-42-27-26-41-25-24-40-23-22-39-21-20-38-19-18-37-17-16-36-15-14-35-13-12-34-11-10-33-9-8-32-4-2/h3-29H2,1-2H3. The number of rotatable bonds is 38. The van der Waals surface area contributed by atoms with Crippen LogP contribution in [0.3, 0.4) is 0 Å². The normalized spacial score (nSPS) is 11.4. The van der Waals surface area contributed by atoms with Crippen molar-refractivity contribution in [1.82, 2.24) is 0 Å². The van der Waals surface area contributed by atoms with Gasteiger partial charge in [-0.2, -0.15) is 0 Å². The molecule has 0 spiro atoms. The lowest BCUT2D eigenvalue weighted by atomic mass is 10.2. The van der Waals surface area contributed by atoms with Crippen LogP contribution in [0.4, 0.5) is 0 Å². The van der Waals surface area contributed by atoms with Crippen molar-refractivity contribution in [3.63, 3.8) is 0 Å². The number of ether oxygens (including phenoxy) is 12. The quantitative estimate of drug-likeness (QED) is 0.0734. The lowest BCUT2D eigenvalue weighted by Crippen LogP contribution is -2.15. The Bertz CT molecular complexity index is 528. The van der Waals surface area contributed by atoms with Gasteiger partial charge in [0.2, 0.25) is 0 Å². The Hall–Kier alpha value is -0.970. The van der Waals surface area contributed by atoms with Crippen LogP contribution in [-0.4, -0.2) is 158 Å². The third kappa shape index (κ3) is 39.0. The smallest absolute Gasteiger partial charge is 0.305 e. The van der Waals surface area contributed by atoms with Crippen molar-refractivity contribution < 1.29 is 61.6 Å². The molecule has 0 aromatic carbocycles. The molecule has 0 heterocycles. The zero-order valence-corrected chi connectivity index (χ0v) is 26.9. The van der Waals surface area contributed by atoms with Crippen LogP contribution < -0.4 is 0 Å². The molecule has 0 unspecified atom stereocenters. The number of esters is 1. The number of carbonyl (C=O) groups is 1. The molecule has 0 aliphatic carbocycles. The molecule has 0 aliphatic rings. The second-order valence-corrected chi connectivity index (χ2v) is 9.00. The third-order valence-corrected chi connectivity index (χ3v) is 5.40. The van der Waals surface area contributed by atoms with E-state index < -0.39 is 0 Å². The monoisotopic (exact) mass is 628 g/mol. The van der Waals surface area contributed by atoms with Crippen LogP contribution in [0.25, 0.3) is 0 Å². The molecule has 13 heteroatoms. The van der Waals surface area contributed by atoms with E-state index in [4.69, 9.17) is 56.8 Å². The molecule has 0 fully saturated rings. The van der Waals surface area contributed by atoms with Gasteiger partial charge in [0.15, 0.2) is 0 Å². The highest BCUT2D eigenvalue weighted by Gasteiger charge is 2.02. The fourth-order valence-electron chi connectivity index (χ4n) is 3.15. The Morgan fingerprint density at radius 2 is 0.605 bits per heavy atom. The zero-order chi connectivity index (χ0) is 31.2. The lowest BCUT2D eigenvalue weighted by Gasteiger charge is -2.09. The maximum absolute atomic E-state index is 11.4. The number of unbranched alkanes of at least 4 members (excludes halogenated alkanes) is 2. The molecule has 258 valence electrons. The second-order valence-electron chi connectivity index (χ2n) is 9.00. The summed E-state index contributed by atoms with van der Waals surface area (Å²) < 4.78 is 64.6. The van der Waals surface area contributed by atoms with Gasteiger partial charge in [-0.25, -0.2) is 0 Å². The first-order valence-electron chi connectivity index (χ1n) is 15.8. The average Bonchev–Trinajstić information content (AvgIpc) is 3.01. The summed E-state index contributed by atoms with van der Waals surface area (Å²) in [6.07, 6.45) is 3.50. The summed E-state index contributed by atoms with van der Waals surface area (Å²) in [5.74, 6) is -0.159. The minimum absolute atomic E-state index is 0.159. The topological polar surface area (TPSA) is 128 Å². The van der Waals surface area contributed by atoms with Crippen molar-refractivity contribution in [2.45, 2.75) is 39.5 Å². The van der Waals surface area contributed by atoms with Crippen molar-refractivity contribution in [1.29, 1.82) is 0 Å². The van der Waals surface area contributed by atoms with Crippen molar-refractivity contribution in [2.75, 3.05) is 152 Å². The van der Waals surface area contributed by atoms with Crippen molar-refractivity contribution in [2.24, 2.45) is 0 Å². The predicted octanol–water partition coefficient (Wildman–Crippen LogP) is 2.31. The van der Waals surface area contributed by atoms with Crippen LogP contribution >= 0.6 is 0 Å². The minimum atomic E-state index is -0.159. The molecule has 43 heavy (non-hydrogen) atoms. The first-order chi connectivity index (χ1) is 21.3. The summed E-state index contributed by atoms with van der Waals surface area (Å²) in [5, 5.41) is 0. The first-order valence-corrected chi connectivity index (χ1v) is 15.8. The molecular weight excluding hydrogens is 568 g/mol. The van der Waals surface area contributed by atoms with Gasteiger partial charge in [0.05, 0.1) is 139 Å². The van der Waals surface area contributed by atoms with Crippen LogP contribution in [0.5, 0.6) is 0 Å². The van der Waals surface area contributed by atoms with E-state index in [-0.39, 0.29) is 12.6 Å². The van der Waals surface area contributed by atoms with Gasteiger partial charge in [0.25, 0.3) is 0 Å². The Kier molecular flexibility index (Phi) is 38.2. The van der Waals surface area contributed by atoms with Crippen LogP contribution in [0, 0.1) is 0 Å². The summed E-state index contributed by atoms with van der Waals surface area (Å²) in [6.45, 7) is 15.8. The zero-order valence-electron chi connectivity index (χ0n) is 26.9. The SMILES string of the molecule is CCCCCC(=O)OCCOCCOCCOCCOCCOCCOCCOCCOCCOCCOCCOCC. The van der Waals surface area contributed by atoms with Gasteiger partial charge in [0, 0.05) is 13.0 Å². The van der Waals surface area contributed by atoms with Crippen LogP contribution in [0.1, 0.15) is 39.5 Å². The Morgan fingerprint density at radius 1 is 0.349 bits per heavy atom. The Morgan fingerprint density at radius 3 is 0.860 bits per heavy atom. The number of hydrogen-bond acceptors (Lipinski definition) is 13. The van der Waals surface area contributed by atoms with Gasteiger partial charge < -0.3 is 56.8 Å². The van der Waals surface area contributed by atoms with Gasteiger partial charge in [-0.3, -0.25) is 4.79 Å². The highest BCUT2D eigenvalue weighted by Crippen LogP contribution is 2.00. The molecule has 0 aromatic heterocycles. The van der Waals surface area contributed by atoms with Crippen LogP contribution in [0.2, 0.25) is 0 Å². The number of hydrogen-bond donors (Lipinski definition) is 0. The Balaban J connectivity index is 3.06. The summed E-state index contributed by atoms with van der Waals surface area (Å²) in [6, 6.07) is 0. The van der Waals surface area contributed by atoms with Gasteiger partial charge in [-0.15, -0.1) is 0 Å². The summed E-state index contributed by atoms with van der Waals surface area (Å²) in [4.78, 5) is 11.4. The highest BCUT2D eigenvalue weighted by molar-refractivity contribution is 5.69. The van der Waals surface area contributed by atoms with E-state index in [0.717, 1.165) is 19.3 Å². The average molecular weight is 629 g/mol. The van der Waals surface area contributed by atoms with E-state index in [9.17, 15) is 4.79 Å². The summed E-state index contributed by atoms with van der Waals surface area (Å²) in [5.41, 5.74) is 0. The van der Waals surface area contributed by atoms with E-state index in [0.29, 0.717) is 152 Å². The first kappa shape index (κ1) is 42.0. The van der Waals surface area contributed by atoms with Gasteiger partial charge >= 0.3 is 5.97 Å². The molecule has 0 rings (SSSR count). The van der Waals surface area contributed by atoms with Crippen molar-refractivity contribution in [3.8, 4) is 0 Å². The second kappa shape index (κ2) is 39.1. The van der Waals surface area contributed by atoms with E-state index >= 15 is 0 Å². The lowest BCUT2D eigenvalue weighted by molar-refractivity contribution is -0.145. The van der Waals surface area contributed by atoms with Crippen LogP contribution in [-0.2, 0) is 61.6 Å². The van der Waals surface area contributed by atoms with Gasteiger partial charge in [-0.1, -0.05) is 19.8 Å². The summed E-state index contributed by atoms with van der Waals surface area (Å²) in [7, 11) is 0. The number of carbonyl (C=O) groups excluding carboxylic acids is 1. The van der Waals surface area contributed by atoms with E-state index in [1.165, 1.54) is 0 Å². The molecule has 0 radical (unpaired) electrons. The van der Waals surface area contributed by atoms with Gasteiger partial charge in [-0.05, 0) is 13.3 Å². The predicted molar refractivity (Wildman–Crippen MR) is 160 cm³/mol. The molecule has 0 saturated heterocycles. The molecule has 0 N–H and O–H groups in total. The molecule has 0 aliphatic heterocycles. The molecule has 0 bridgehead atoms. The molecule has 0 atom stereocenters. The molecule has 0 aromatic rings. The molecular formula is C30H60O13. The largest absolute Gasteiger partial charge is 0.463 e. The molecule has 0 saturated carbocycles. The van der Waals surface area contributed by atoms with E-state index in [1.54, 1.807) is 0 Å². The minimum Gasteiger partial charge on any atom is -0.463 e. The highest BCUT2D eigenvalue weighted by atomic mass is 16.6. The van der Waals surface area contributed by atoms with Crippen molar-refractivity contribution in [3.05, 3.63) is 0 Å². The maximum atomic E-state index is 11.4. The maximum Gasteiger partial charge on any atom is 0.305 e. The molecule has 0 amide bonds. The van der Waals surface area contributed by atoms with E-state index in [1.807, 2.05) is 6.92 Å². The fraction of sp³-hybridized carbons (Fsp3) is 0.967. The Labute approximate surface area is 259 Å². The third-order valence-electron chi connectivity index (χ3n) is 5.40. The van der Waals surface area contributed by atoms with E-state index in [2.05, 4.69) is 6.92 Å². The molecule has 13 nitrogen and oxygen atoms in total.